The minimum atomic E-state index is -0.930. The van der Waals surface area contributed by atoms with E-state index in [0.29, 0.717) is 6.42 Å². The lowest BCUT2D eigenvalue weighted by molar-refractivity contribution is 0.00723. The number of rotatable bonds is 5. The minimum Gasteiger partial charge on any atom is -0.497 e. The number of benzene rings is 1. The fraction of sp³-hybridized carbons (Fsp3) is 0.353. The van der Waals surface area contributed by atoms with Gasteiger partial charge in [0.25, 0.3) is 0 Å². The van der Waals surface area contributed by atoms with Gasteiger partial charge in [-0.25, -0.2) is 0 Å². The summed E-state index contributed by atoms with van der Waals surface area (Å²) in [4.78, 5) is 4.37. The lowest BCUT2D eigenvalue weighted by Crippen LogP contribution is -2.31. The lowest BCUT2D eigenvalue weighted by Gasteiger charge is -2.33. The molecule has 2 aromatic rings. The summed E-state index contributed by atoms with van der Waals surface area (Å²) in [5, 5.41) is 11.1. The summed E-state index contributed by atoms with van der Waals surface area (Å²) in [6, 6.07) is 13.4. The predicted molar refractivity (Wildman–Crippen MR) is 79.8 cm³/mol. The maximum atomic E-state index is 11.1. The molecule has 0 fully saturated rings. The van der Waals surface area contributed by atoms with Crippen LogP contribution in [0.2, 0.25) is 0 Å². The molecule has 106 valence electrons. The number of nitrogens with zero attached hydrogens (tertiary/aromatic N) is 1. The highest BCUT2D eigenvalue weighted by Gasteiger charge is 2.35. The molecular formula is C17H21NO2. The first-order chi connectivity index (χ1) is 9.61. The Bertz CT molecular complexity index is 539. The molecule has 0 radical (unpaired) electrons. The van der Waals surface area contributed by atoms with Crippen molar-refractivity contribution in [2.75, 3.05) is 7.11 Å². The Balaban J connectivity index is 2.36. The zero-order valence-electron chi connectivity index (χ0n) is 12.2. The van der Waals surface area contributed by atoms with Gasteiger partial charge in [0, 0.05) is 17.8 Å². The molecule has 0 spiro atoms. The first kappa shape index (κ1) is 14.5. The van der Waals surface area contributed by atoms with Crippen LogP contribution in [0.3, 0.4) is 0 Å². The molecule has 0 aliphatic rings. The van der Waals surface area contributed by atoms with E-state index in [-0.39, 0.29) is 5.92 Å². The second kappa shape index (κ2) is 6.06. The smallest absolute Gasteiger partial charge is 0.118 e. The van der Waals surface area contributed by atoms with Crippen LogP contribution in [0.15, 0.2) is 48.7 Å². The van der Waals surface area contributed by atoms with E-state index >= 15 is 0 Å². The predicted octanol–water partition coefficient (Wildman–Crippen LogP) is 3.49. The molecule has 1 heterocycles. The molecule has 2 atom stereocenters. The van der Waals surface area contributed by atoms with E-state index < -0.39 is 5.60 Å². The summed E-state index contributed by atoms with van der Waals surface area (Å²) in [7, 11) is 1.64. The van der Waals surface area contributed by atoms with E-state index in [9.17, 15) is 5.11 Å². The molecule has 20 heavy (non-hydrogen) atoms. The number of ether oxygens (including phenoxy) is 1. The van der Waals surface area contributed by atoms with Crippen molar-refractivity contribution < 1.29 is 9.84 Å². The molecule has 0 saturated heterocycles. The van der Waals surface area contributed by atoms with E-state index in [1.165, 1.54) is 0 Å². The number of aliphatic hydroxyl groups is 1. The van der Waals surface area contributed by atoms with Crippen molar-refractivity contribution >= 4 is 0 Å². The number of methoxy groups -OCH3 is 1. The maximum absolute atomic E-state index is 11.1. The minimum absolute atomic E-state index is 0.0814. The first-order valence-corrected chi connectivity index (χ1v) is 6.89. The highest BCUT2D eigenvalue weighted by molar-refractivity contribution is 5.33. The normalized spacial score (nSPS) is 15.4. The highest BCUT2D eigenvalue weighted by atomic mass is 16.5. The molecule has 3 heteroatoms. The third kappa shape index (κ3) is 2.68. The number of hydrogen-bond donors (Lipinski definition) is 1. The van der Waals surface area contributed by atoms with Gasteiger partial charge in [-0.2, -0.15) is 0 Å². The van der Waals surface area contributed by atoms with Gasteiger partial charge >= 0.3 is 0 Å². The molecule has 0 amide bonds. The van der Waals surface area contributed by atoms with E-state index in [2.05, 4.69) is 4.98 Å². The van der Waals surface area contributed by atoms with Gasteiger partial charge in [0.2, 0.25) is 0 Å². The van der Waals surface area contributed by atoms with Gasteiger partial charge in [0.05, 0.1) is 12.7 Å². The zero-order valence-corrected chi connectivity index (χ0v) is 12.2. The molecule has 3 nitrogen and oxygen atoms in total. The van der Waals surface area contributed by atoms with Crippen LogP contribution in [0, 0.1) is 0 Å². The summed E-state index contributed by atoms with van der Waals surface area (Å²) in [5.41, 5.74) is 0.854. The first-order valence-electron chi connectivity index (χ1n) is 6.89. The van der Waals surface area contributed by atoms with Crippen molar-refractivity contribution in [1.29, 1.82) is 0 Å². The molecule has 1 aromatic carbocycles. The fourth-order valence-corrected chi connectivity index (χ4v) is 2.52. The second-order valence-electron chi connectivity index (χ2n) is 4.98. The fourth-order valence-electron chi connectivity index (χ4n) is 2.52. The van der Waals surface area contributed by atoms with E-state index in [0.717, 1.165) is 17.0 Å². The SMILES string of the molecule is CC[C@](O)(c1ccc(OC)cc1)[C@H](C)c1ccccn1. The van der Waals surface area contributed by atoms with Crippen molar-refractivity contribution in [3.63, 3.8) is 0 Å². The van der Waals surface area contributed by atoms with Crippen molar-refractivity contribution in [3.05, 3.63) is 59.9 Å². The third-order valence-electron chi connectivity index (χ3n) is 3.98. The standard InChI is InChI=1S/C17H21NO2/c1-4-17(19,13(2)16-7-5-6-12-18-16)14-8-10-15(20-3)11-9-14/h5-13,19H,4H2,1-3H3/t13-,17-/m1/s1. The summed E-state index contributed by atoms with van der Waals surface area (Å²) >= 11 is 0. The number of aromatic nitrogens is 1. The van der Waals surface area contributed by atoms with Crippen LogP contribution in [0.25, 0.3) is 0 Å². The lowest BCUT2D eigenvalue weighted by atomic mass is 9.78. The van der Waals surface area contributed by atoms with E-state index in [1.54, 1.807) is 13.3 Å². The van der Waals surface area contributed by atoms with Gasteiger partial charge in [0.1, 0.15) is 5.75 Å². The Morgan fingerprint density at radius 3 is 2.40 bits per heavy atom. The van der Waals surface area contributed by atoms with Crippen molar-refractivity contribution in [2.45, 2.75) is 31.8 Å². The summed E-state index contributed by atoms with van der Waals surface area (Å²) in [6.07, 6.45) is 2.38. The summed E-state index contributed by atoms with van der Waals surface area (Å²) in [5.74, 6) is 0.708. The summed E-state index contributed by atoms with van der Waals surface area (Å²) < 4.78 is 5.17. The molecule has 2 rings (SSSR count). The van der Waals surface area contributed by atoms with Crippen LogP contribution in [0.5, 0.6) is 5.75 Å². The topological polar surface area (TPSA) is 42.4 Å². The molecule has 0 bridgehead atoms. The van der Waals surface area contributed by atoms with Crippen molar-refractivity contribution in [2.24, 2.45) is 0 Å². The maximum Gasteiger partial charge on any atom is 0.118 e. The molecule has 0 unspecified atom stereocenters. The van der Waals surface area contributed by atoms with E-state index in [1.807, 2.05) is 56.3 Å². The largest absolute Gasteiger partial charge is 0.497 e. The Morgan fingerprint density at radius 2 is 1.90 bits per heavy atom. The van der Waals surface area contributed by atoms with Crippen LogP contribution in [0.1, 0.15) is 37.4 Å². The van der Waals surface area contributed by atoms with Crippen LogP contribution in [-0.4, -0.2) is 17.2 Å². The van der Waals surface area contributed by atoms with E-state index in [4.69, 9.17) is 4.74 Å². The molecule has 1 aromatic heterocycles. The van der Waals surface area contributed by atoms with Crippen LogP contribution < -0.4 is 4.74 Å². The Labute approximate surface area is 120 Å². The van der Waals surface area contributed by atoms with Crippen LogP contribution in [-0.2, 0) is 5.60 Å². The number of hydrogen-bond acceptors (Lipinski definition) is 3. The molecule has 0 aliphatic heterocycles. The molecule has 0 aliphatic carbocycles. The van der Waals surface area contributed by atoms with Crippen molar-refractivity contribution in [3.8, 4) is 5.75 Å². The Kier molecular flexibility index (Phi) is 4.40. The van der Waals surface area contributed by atoms with Crippen molar-refractivity contribution in [1.82, 2.24) is 4.98 Å². The Morgan fingerprint density at radius 1 is 1.20 bits per heavy atom. The average molecular weight is 271 g/mol. The third-order valence-corrected chi connectivity index (χ3v) is 3.98. The van der Waals surface area contributed by atoms with Crippen LogP contribution >= 0.6 is 0 Å². The van der Waals surface area contributed by atoms with Gasteiger partial charge in [-0.3, -0.25) is 4.98 Å². The van der Waals surface area contributed by atoms with Gasteiger partial charge in [0.15, 0.2) is 0 Å². The van der Waals surface area contributed by atoms with Gasteiger partial charge in [-0.05, 0) is 36.2 Å². The zero-order chi connectivity index (χ0) is 14.6. The second-order valence-corrected chi connectivity index (χ2v) is 4.98. The number of pyridine rings is 1. The van der Waals surface area contributed by atoms with Crippen LogP contribution in [0.4, 0.5) is 0 Å². The quantitative estimate of drug-likeness (QED) is 0.905. The van der Waals surface area contributed by atoms with Gasteiger partial charge in [-0.1, -0.05) is 32.0 Å². The van der Waals surface area contributed by atoms with Gasteiger partial charge in [-0.15, -0.1) is 0 Å². The average Bonchev–Trinajstić information content (AvgIpc) is 2.54. The highest BCUT2D eigenvalue weighted by Crippen LogP contribution is 2.39. The monoisotopic (exact) mass is 271 g/mol. The summed E-state index contributed by atoms with van der Waals surface area (Å²) in [6.45, 7) is 4.00. The Hall–Kier alpha value is -1.87. The molecule has 0 saturated carbocycles. The van der Waals surface area contributed by atoms with Gasteiger partial charge < -0.3 is 9.84 Å². The molecular weight excluding hydrogens is 250 g/mol. The molecule has 1 N–H and O–H groups in total.